The van der Waals surface area contributed by atoms with E-state index in [0.717, 1.165) is 6.54 Å². The number of hydrogen-bond acceptors (Lipinski definition) is 3. The van der Waals surface area contributed by atoms with E-state index in [0.29, 0.717) is 0 Å². The Balaban J connectivity index is 2.40. The second kappa shape index (κ2) is 3.71. The van der Waals surface area contributed by atoms with Gasteiger partial charge in [-0.1, -0.05) is 6.07 Å². The molecule has 1 aromatic rings. The molecule has 3 heteroatoms. The fourth-order valence-corrected chi connectivity index (χ4v) is 1.50. The van der Waals surface area contributed by atoms with Crippen molar-refractivity contribution in [1.82, 2.24) is 4.90 Å². The van der Waals surface area contributed by atoms with Crippen molar-refractivity contribution in [3.63, 3.8) is 0 Å². The van der Waals surface area contributed by atoms with Crippen LogP contribution >= 0.6 is 11.3 Å². The number of rotatable bonds is 3. The molecule has 1 N–H and O–H groups in total. The van der Waals surface area contributed by atoms with Gasteiger partial charge in [-0.2, -0.15) is 0 Å². The number of aliphatic hydroxyl groups excluding tert-OH is 1. The molecule has 0 saturated carbocycles. The zero-order valence-electron chi connectivity index (χ0n) is 5.95. The third-order valence-electron chi connectivity index (χ3n) is 1.25. The van der Waals surface area contributed by atoms with Gasteiger partial charge in [0.25, 0.3) is 0 Å². The maximum atomic E-state index is 8.66. The number of thiophene rings is 1. The van der Waals surface area contributed by atoms with E-state index >= 15 is 0 Å². The van der Waals surface area contributed by atoms with E-state index in [2.05, 4.69) is 6.07 Å². The van der Waals surface area contributed by atoms with Crippen LogP contribution < -0.4 is 0 Å². The molecule has 0 saturated heterocycles. The molecule has 0 spiro atoms. The van der Waals surface area contributed by atoms with Crippen LogP contribution in [0.2, 0.25) is 0 Å². The summed E-state index contributed by atoms with van der Waals surface area (Å²) >= 11 is 1.71. The van der Waals surface area contributed by atoms with Crippen LogP contribution in [0.4, 0.5) is 0 Å². The van der Waals surface area contributed by atoms with Crippen LogP contribution in [-0.4, -0.2) is 23.8 Å². The minimum absolute atomic E-state index is 0.123. The molecule has 10 heavy (non-hydrogen) atoms. The first-order valence-corrected chi connectivity index (χ1v) is 4.02. The van der Waals surface area contributed by atoms with E-state index < -0.39 is 0 Å². The van der Waals surface area contributed by atoms with Crippen LogP contribution in [0.1, 0.15) is 4.88 Å². The lowest BCUT2D eigenvalue weighted by atomic mass is 10.4. The zero-order valence-corrected chi connectivity index (χ0v) is 6.77. The molecular weight excluding hydrogens is 146 g/mol. The fraction of sp³-hybridized carbons (Fsp3) is 0.429. The summed E-state index contributed by atoms with van der Waals surface area (Å²) in [4.78, 5) is 3.14. The maximum Gasteiger partial charge on any atom is 0.0957 e. The molecule has 56 valence electrons. The third kappa shape index (κ3) is 2.10. The summed E-state index contributed by atoms with van der Waals surface area (Å²) in [6.07, 6.45) is 0. The quantitative estimate of drug-likeness (QED) is 0.665. The van der Waals surface area contributed by atoms with Gasteiger partial charge in [-0.05, 0) is 18.5 Å². The highest BCUT2D eigenvalue weighted by Crippen LogP contribution is 2.09. The third-order valence-corrected chi connectivity index (χ3v) is 2.11. The lowest BCUT2D eigenvalue weighted by Crippen LogP contribution is -2.17. The largest absolute Gasteiger partial charge is 0.381 e. The van der Waals surface area contributed by atoms with Gasteiger partial charge in [-0.15, -0.1) is 11.3 Å². The van der Waals surface area contributed by atoms with Crippen LogP contribution in [0.5, 0.6) is 0 Å². The Hall–Kier alpha value is -0.380. The smallest absolute Gasteiger partial charge is 0.0957 e. The SMILES string of the molecule is CN(CO)Cc1cccs1. The average Bonchev–Trinajstić information content (AvgIpc) is 2.40. The van der Waals surface area contributed by atoms with Crippen molar-refractivity contribution in [2.24, 2.45) is 0 Å². The van der Waals surface area contributed by atoms with Gasteiger partial charge < -0.3 is 5.11 Å². The summed E-state index contributed by atoms with van der Waals surface area (Å²) < 4.78 is 0. The van der Waals surface area contributed by atoms with E-state index in [-0.39, 0.29) is 6.73 Å². The standard InChI is InChI=1S/C7H11NOS/c1-8(6-9)5-7-3-2-4-10-7/h2-4,9H,5-6H2,1H3. The summed E-state index contributed by atoms with van der Waals surface area (Å²) in [5.74, 6) is 0. The molecule has 0 aromatic carbocycles. The second-order valence-electron chi connectivity index (χ2n) is 2.23. The van der Waals surface area contributed by atoms with Crippen LogP contribution in [0, 0.1) is 0 Å². The normalized spacial score (nSPS) is 10.7. The topological polar surface area (TPSA) is 23.5 Å². The fourth-order valence-electron chi connectivity index (χ4n) is 0.719. The van der Waals surface area contributed by atoms with Crippen molar-refractivity contribution in [2.75, 3.05) is 13.8 Å². The van der Waals surface area contributed by atoms with Crippen LogP contribution in [-0.2, 0) is 6.54 Å². The first-order valence-electron chi connectivity index (χ1n) is 3.14. The molecule has 1 aromatic heterocycles. The highest BCUT2D eigenvalue weighted by Gasteiger charge is 1.96. The molecule has 0 bridgehead atoms. The second-order valence-corrected chi connectivity index (χ2v) is 3.27. The molecule has 0 atom stereocenters. The minimum atomic E-state index is 0.123. The van der Waals surface area contributed by atoms with Crippen molar-refractivity contribution in [3.05, 3.63) is 22.4 Å². The number of nitrogens with zero attached hydrogens (tertiary/aromatic N) is 1. The van der Waals surface area contributed by atoms with Gasteiger partial charge in [0.1, 0.15) is 0 Å². The molecule has 1 heterocycles. The van der Waals surface area contributed by atoms with Gasteiger partial charge in [-0.25, -0.2) is 0 Å². The van der Waals surface area contributed by atoms with E-state index in [1.165, 1.54) is 4.88 Å². The monoisotopic (exact) mass is 157 g/mol. The molecule has 2 nitrogen and oxygen atoms in total. The minimum Gasteiger partial charge on any atom is -0.381 e. The molecule has 0 radical (unpaired) electrons. The van der Waals surface area contributed by atoms with Crippen LogP contribution in [0.25, 0.3) is 0 Å². The number of hydrogen-bond donors (Lipinski definition) is 1. The predicted molar refractivity (Wildman–Crippen MR) is 42.9 cm³/mol. The van der Waals surface area contributed by atoms with E-state index in [1.54, 1.807) is 11.3 Å². The summed E-state index contributed by atoms with van der Waals surface area (Å²) in [6.45, 7) is 0.964. The molecular formula is C7H11NOS. The molecule has 0 aliphatic rings. The molecule has 0 aliphatic heterocycles. The molecule has 0 aliphatic carbocycles. The van der Waals surface area contributed by atoms with Crippen LogP contribution in [0.15, 0.2) is 17.5 Å². The Kier molecular flexibility index (Phi) is 2.86. The Morgan fingerprint density at radius 1 is 1.70 bits per heavy atom. The van der Waals surface area contributed by atoms with Gasteiger partial charge in [0.15, 0.2) is 0 Å². The molecule has 0 amide bonds. The number of aliphatic hydroxyl groups is 1. The lowest BCUT2D eigenvalue weighted by molar-refractivity contribution is 0.128. The van der Waals surface area contributed by atoms with E-state index in [1.807, 2.05) is 23.4 Å². The van der Waals surface area contributed by atoms with E-state index in [9.17, 15) is 0 Å². The Morgan fingerprint density at radius 2 is 2.50 bits per heavy atom. The first kappa shape index (κ1) is 7.72. The Labute approximate surface area is 64.7 Å². The predicted octanol–water partition coefficient (Wildman–Crippen LogP) is 1.13. The molecule has 0 unspecified atom stereocenters. The first-order chi connectivity index (χ1) is 4.83. The molecule has 1 rings (SSSR count). The van der Waals surface area contributed by atoms with Gasteiger partial charge in [0.05, 0.1) is 6.73 Å². The van der Waals surface area contributed by atoms with Crippen molar-refractivity contribution in [1.29, 1.82) is 0 Å². The van der Waals surface area contributed by atoms with Gasteiger partial charge in [0.2, 0.25) is 0 Å². The summed E-state index contributed by atoms with van der Waals surface area (Å²) in [5, 5.41) is 10.7. The highest BCUT2D eigenvalue weighted by atomic mass is 32.1. The van der Waals surface area contributed by atoms with Gasteiger partial charge in [-0.3, -0.25) is 4.90 Å². The van der Waals surface area contributed by atoms with Gasteiger partial charge >= 0.3 is 0 Å². The summed E-state index contributed by atoms with van der Waals surface area (Å²) in [6, 6.07) is 4.09. The molecule has 0 fully saturated rings. The summed E-state index contributed by atoms with van der Waals surface area (Å²) in [7, 11) is 1.89. The average molecular weight is 157 g/mol. The summed E-state index contributed by atoms with van der Waals surface area (Å²) in [5.41, 5.74) is 0. The Bertz CT molecular complexity index is 174. The van der Waals surface area contributed by atoms with Crippen molar-refractivity contribution in [3.8, 4) is 0 Å². The zero-order chi connectivity index (χ0) is 7.40. The van der Waals surface area contributed by atoms with Crippen molar-refractivity contribution >= 4 is 11.3 Å². The van der Waals surface area contributed by atoms with E-state index in [4.69, 9.17) is 5.11 Å². The highest BCUT2D eigenvalue weighted by molar-refractivity contribution is 7.09. The lowest BCUT2D eigenvalue weighted by Gasteiger charge is -2.10. The van der Waals surface area contributed by atoms with Gasteiger partial charge in [0, 0.05) is 11.4 Å². The van der Waals surface area contributed by atoms with Crippen molar-refractivity contribution < 1.29 is 5.11 Å². The van der Waals surface area contributed by atoms with Crippen LogP contribution in [0.3, 0.4) is 0 Å². The maximum absolute atomic E-state index is 8.66. The van der Waals surface area contributed by atoms with Crippen molar-refractivity contribution in [2.45, 2.75) is 6.54 Å². The Morgan fingerprint density at radius 3 is 3.00 bits per heavy atom.